The summed E-state index contributed by atoms with van der Waals surface area (Å²) in [5, 5.41) is 3.49. The van der Waals surface area contributed by atoms with E-state index < -0.39 is 0 Å². The van der Waals surface area contributed by atoms with Crippen molar-refractivity contribution in [2.45, 2.75) is 38.1 Å². The van der Waals surface area contributed by atoms with E-state index in [-0.39, 0.29) is 5.82 Å². The number of hydrogen-bond acceptors (Lipinski definition) is 1. The Balaban J connectivity index is 1.84. The van der Waals surface area contributed by atoms with E-state index in [2.05, 4.69) is 5.32 Å². The molecule has 2 rings (SSSR count). The van der Waals surface area contributed by atoms with Crippen LogP contribution in [0.4, 0.5) is 4.39 Å². The molecule has 0 aromatic heterocycles. The molecule has 0 radical (unpaired) electrons. The lowest BCUT2D eigenvalue weighted by atomic mass is 9.98. The fourth-order valence-corrected chi connectivity index (χ4v) is 2.20. The lowest BCUT2D eigenvalue weighted by molar-refractivity contribution is 0.381. The molecule has 1 N–H and O–H groups in total. The highest BCUT2D eigenvalue weighted by Crippen LogP contribution is 2.15. The maximum absolute atomic E-state index is 13.3. The van der Waals surface area contributed by atoms with Crippen LogP contribution in [-0.2, 0) is 6.42 Å². The molecular formula is C13H18FN. The second-order valence-corrected chi connectivity index (χ2v) is 4.28. The first-order valence-electron chi connectivity index (χ1n) is 5.83. The van der Waals surface area contributed by atoms with Crippen molar-refractivity contribution in [1.82, 2.24) is 5.32 Å². The van der Waals surface area contributed by atoms with Gasteiger partial charge in [0.2, 0.25) is 0 Å². The van der Waals surface area contributed by atoms with Gasteiger partial charge in [-0.25, -0.2) is 4.39 Å². The summed E-state index contributed by atoms with van der Waals surface area (Å²) in [5.41, 5.74) is 0.852. The summed E-state index contributed by atoms with van der Waals surface area (Å²) in [6, 6.07) is 7.69. The minimum absolute atomic E-state index is 0.0618. The predicted molar refractivity (Wildman–Crippen MR) is 60.4 cm³/mol. The van der Waals surface area contributed by atoms with Gasteiger partial charge in [-0.15, -0.1) is 0 Å². The van der Waals surface area contributed by atoms with Crippen molar-refractivity contribution in [2.24, 2.45) is 0 Å². The second-order valence-electron chi connectivity index (χ2n) is 4.28. The van der Waals surface area contributed by atoms with Crippen LogP contribution in [0.5, 0.6) is 0 Å². The molecule has 0 spiro atoms. The quantitative estimate of drug-likeness (QED) is 0.803. The van der Waals surface area contributed by atoms with Crippen molar-refractivity contribution in [2.75, 3.05) is 6.54 Å². The van der Waals surface area contributed by atoms with E-state index in [1.165, 1.54) is 19.3 Å². The van der Waals surface area contributed by atoms with Crippen molar-refractivity contribution in [3.63, 3.8) is 0 Å². The summed E-state index contributed by atoms with van der Waals surface area (Å²) < 4.78 is 13.3. The highest BCUT2D eigenvalue weighted by Gasteiger charge is 2.12. The molecule has 0 aliphatic carbocycles. The van der Waals surface area contributed by atoms with E-state index >= 15 is 0 Å². The molecule has 1 saturated heterocycles. The maximum atomic E-state index is 13.3. The summed E-state index contributed by atoms with van der Waals surface area (Å²) in [5.74, 6) is -0.0618. The third kappa shape index (κ3) is 3.03. The maximum Gasteiger partial charge on any atom is 0.126 e. The van der Waals surface area contributed by atoms with Crippen LogP contribution in [0.1, 0.15) is 31.2 Å². The van der Waals surface area contributed by atoms with Crippen LogP contribution in [0.3, 0.4) is 0 Å². The molecule has 0 saturated carbocycles. The standard InChI is InChI=1S/C13H18FN/c14-13-7-2-1-5-11(13)8-9-12-6-3-4-10-15-12/h1-2,5,7,12,15H,3-4,6,8-10H2. The zero-order valence-electron chi connectivity index (χ0n) is 9.01. The van der Waals surface area contributed by atoms with Gasteiger partial charge in [-0.05, 0) is 43.9 Å². The smallest absolute Gasteiger partial charge is 0.126 e. The van der Waals surface area contributed by atoms with Crippen LogP contribution in [0.25, 0.3) is 0 Å². The summed E-state index contributed by atoms with van der Waals surface area (Å²) >= 11 is 0. The average Bonchev–Trinajstić information content (AvgIpc) is 2.29. The number of aryl methyl sites for hydroxylation is 1. The van der Waals surface area contributed by atoms with E-state index in [0.29, 0.717) is 6.04 Å². The molecule has 1 atom stereocenters. The van der Waals surface area contributed by atoms with Crippen LogP contribution in [-0.4, -0.2) is 12.6 Å². The van der Waals surface area contributed by atoms with E-state index in [0.717, 1.165) is 24.9 Å². The van der Waals surface area contributed by atoms with Crippen LogP contribution in [0.15, 0.2) is 24.3 Å². The van der Waals surface area contributed by atoms with Gasteiger partial charge in [-0.2, -0.15) is 0 Å². The first kappa shape index (κ1) is 10.6. The van der Waals surface area contributed by atoms with Crippen LogP contribution in [0, 0.1) is 5.82 Å². The van der Waals surface area contributed by atoms with Gasteiger partial charge in [0.15, 0.2) is 0 Å². The van der Waals surface area contributed by atoms with Gasteiger partial charge in [-0.3, -0.25) is 0 Å². The molecule has 0 amide bonds. The molecule has 1 aliphatic rings. The van der Waals surface area contributed by atoms with Crippen LogP contribution in [0.2, 0.25) is 0 Å². The van der Waals surface area contributed by atoms with E-state index in [1.807, 2.05) is 12.1 Å². The molecule has 1 unspecified atom stereocenters. The third-order valence-electron chi connectivity index (χ3n) is 3.13. The van der Waals surface area contributed by atoms with Crippen molar-refractivity contribution in [1.29, 1.82) is 0 Å². The second kappa shape index (κ2) is 5.26. The first-order chi connectivity index (χ1) is 7.36. The Morgan fingerprint density at radius 1 is 1.27 bits per heavy atom. The lowest BCUT2D eigenvalue weighted by Gasteiger charge is -2.23. The minimum atomic E-state index is -0.0618. The molecule has 15 heavy (non-hydrogen) atoms. The summed E-state index contributed by atoms with van der Waals surface area (Å²) in [4.78, 5) is 0. The Hall–Kier alpha value is -0.890. The van der Waals surface area contributed by atoms with Crippen molar-refractivity contribution < 1.29 is 4.39 Å². The molecule has 1 heterocycles. The van der Waals surface area contributed by atoms with Crippen molar-refractivity contribution in [3.05, 3.63) is 35.6 Å². The average molecular weight is 207 g/mol. The Labute approximate surface area is 90.7 Å². The molecule has 1 nitrogen and oxygen atoms in total. The minimum Gasteiger partial charge on any atom is -0.314 e. The summed E-state index contributed by atoms with van der Waals surface area (Å²) in [7, 11) is 0. The largest absolute Gasteiger partial charge is 0.314 e. The predicted octanol–water partition coefficient (Wildman–Crippen LogP) is 2.90. The topological polar surface area (TPSA) is 12.0 Å². The van der Waals surface area contributed by atoms with E-state index in [1.54, 1.807) is 12.1 Å². The van der Waals surface area contributed by atoms with E-state index in [4.69, 9.17) is 0 Å². The Kier molecular flexibility index (Phi) is 3.73. The Morgan fingerprint density at radius 2 is 2.13 bits per heavy atom. The fourth-order valence-electron chi connectivity index (χ4n) is 2.20. The number of piperidine rings is 1. The van der Waals surface area contributed by atoms with Crippen LogP contribution < -0.4 is 5.32 Å². The monoisotopic (exact) mass is 207 g/mol. The van der Waals surface area contributed by atoms with Gasteiger partial charge < -0.3 is 5.32 Å². The number of rotatable bonds is 3. The Morgan fingerprint density at radius 3 is 2.87 bits per heavy atom. The molecule has 1 aliphatic heterocycles. The van der Waals surface area contributed by atoms with Crippen LogP contribution >= 0.6 is 0 Å². The molecule has 1 aromatic carbocycles. The molecule has 1 aromatic rings. The van der Waals surface area contributed by atoms with Crippen molar-refractivity contribution in [3.8, 4) is 0 Å². The number of halogens is 1. The summed E-state index contributed by atoms with van der Waals surface area (Å²) in [6.45, 7) is 1.13. The third-order valence-corrected chi connectivity index (χ3v) is 3.13. The normalized spacial score (nSPS) is 21.5. The molecular weight excluding hydrogens is 189 g/mol. The summed E-state index contributed by atoms with van der Waals surface area (Å²) in [6.07, 6.45) is 5.75. The molecule has 2 heteroatoms. The number of benzene rings is 1. The van der Waals surface area contributed by atoms with Gasteiger partial charge in [0, 0.05) is 6.04 Å². The number of hydrogen-bond donors (Lipinski definition) is 1. The first-order valence-corrected chi connectivity index (χ1v) is 5.83. The SMILES string of the molecule is Fc1ccccc1CCC1CCCCN1. The van der Waals surface area contributed by atoms with Crippen molar-refractivity contribution >= 4 is 0 Å². The lowest BCUT2D eigenvalue weighted by Crippen LogP contribution is -2.34. The highest BCUT2D eigenvalue weighted by molar-refractivity contribution is 5.17. The zero-order valence-corrected chi connectivity index (χ0v) is 9.01. The van der Waals surface area contributed by atoms with Gasteiger partial charge in [-0.1, -0.05) is 24.6 Å². The van der Waals surface area contributed by atoms with Gasteiger partial charge >= 0.3 is 0 Å². The fraction of sp³-hybridized carbons (Fsp3) is 0.538. The van der Waals surface area contributed by atoms with Gasteiger partial charge in [0.1, 0.15) is 5.82 Å². The Bertz CT molecular complexity index is 305. The highest BCUT2D eigenvalue weighted by atomic mass is 19.1. The van der Waals surface area contributed by atoms with Gasteiger partial charge in [0.05, 0.1) is 0 Å². The molecule has 1 fully saturated rings. The molecule has 0 bridgehead atoms. The number of nitrogens with one attached hydrogen (secondary N) is 1. The van der Waals surface area contributed by atoms with Gasteiger partial charge in [0.25, 0.3) is 0 Å². The molecule has 82 valence electrons. The van der Waals surface area contributed by atoms with E-state index in [9.17, 15) is 4.39 Å². The zero-order chi connectivity index (χ0) is 10.5.